The van der Waals surface area contributed by atoms with Gasteiger partial charge in [0.15, 0.2) is 0 Å². The van der Waals surface area contributed by atoms with Crippen molar-refractivity contribution in [2.75, 3.05) is 11.9 Å². The summed E-state index contributed by atoms with van der Waals surface area (Å²) in [6, 6.07) is 6.05. The van der Waals surface area contributed by atoms with Gasteiger partial charge in [-0.2, -0.15) is 0 Å². The van der Waals surface area contributed by atoms with Gasteiger partial charge in [-0.1, -0.05) is 0 Å². The maximum absolute atomic E-state index is 5.55. The monoisotopic (exact) mass is 271 g/mol. The lowest BCUT2D eigenvalue weighted by atomic mass is 10.1. The quantitative estimate of drug-likeness (QED) is 0.925. The Morgan fingerprint density at radius 2 is 2.35 bits per heavy atom. The lowest BCUT2D eigenvalue weighted by molar-refractivity contribution is 0.135. The van der Waals surface area contributed by atoms with Crippen molar-refractivity contribution in [3.05, 3.63) is 42.5 Å². The second kappa shape index (κ2) is 5.77. The third-order valence-corrected chi connectivity index (χ3v) is 3.38. The van der Waals surface area contributed by atoms with Crippen LogP contribution in [0.4, 0.5) is 5.69 Å². The maximum Gasteiger partial charge on any atom is 0.247 e. The van der Waals surface area contributed by atoms with Crippen molar-refractivity contribution in [3.8, 4) is 11.5 Å². The molecule has 1 aliphatic heterocycles. The zero-order valence-electron chi connectivity index (χ0n) is 11.4. The van der Waals surface area contributed by atoms with Crippen molar-refractivity contribution < 1.29 is 9.15 Å². The fraction of sp³-hybridized carbons (Fsp3) is 0.333. The molecule has 1 aliphatic rings. The topological polar surface area (TPSA) is 60.2 Å². The molecule has 104 valence electrons. The van der Waals surface area contributed by atoms with Gasteiger partial charge in [-0.15, -0.1) is 10.2 Å². The van der Waals surface area contributed by atoms with Crippen LogP contribution >= 0.6 is 0 Å². The first kappa shape index (κ1) is 12.7. The minimum Gasteiger partial charge on any atom is -0.497 e. The standard InChI is InChI=1S/C15H17N3O2/c1-11-8-12(15-18-17-10-20-15)5-6-14(11)16-9-13-4-2-3-7-19-13/h3,5-8,10,13,16H,2,4,9H2,1H3. The summed E-state index contributed by atoms with van der Waals surface area (Å²) < 4.78 is 10.7. The van der Waals surface area contributed by atoms with Crippen molar-refractivity contribution in [1.82, 2.24) is 10.2 Å². The molecule has 3 rings (SSSR count). The zero-order chi connectivity index (χ0) is 13.8. The highest BCUT2D eigenvalue weighted by atomic mass is 16.5. The Balaban J connectivity index is 1.66. The summed E-state index contributed by atoms with van der Waals surface area (Å²) in [4.78, 5) is 0. The largest absolute Gasteiger partial charge is 0.497 e. The molecular weight excluding hydrogens is 254 g/mol. The second-order valence-electron chi connectivity index (χ2n) is 4.86. The molecule has 5 nitrogen and oxygen atoms in total. The van der Waals surface area contributed by atoms with Crippen LogP contribution in [0.1, 0.15) is 18.4 Å². The van der Waals surface area contributed by atoms with Gasteiger partial charge in [0.2, 0.25) is 12.3 Å². The molecule has 1 aromatic carbocycles. The summed E-state index contributed by atoms with van der Waals surface area (Å²) >= 11 is 0. The van der Waals surface area contributed by atoms with E-state index in [0.29, 0.717) is 5.89 Å². The molecule has 0 radical (unpaired) electrons. The molecule has 1 aromatic heterocycles. The summed E-state index contributed by atoms with van der Waals surface area (Å²) in [6.07, 6.45) is 7.58. The first-order chi connectivity index (χ1) is 9.83. The van der Waals surface area contributed by atoms with E-state index in [-0.39, 0.29) is 6.10 Å². The van der Waals surface area contributed by atoms with Crippen LogP contribution in [0.3, 0.4) is 0 Å². The van der Waals surface area contributed by atoms with Crippen LogP contribution in [0, 0.1) is 6.92 Å². The van der Waals surface area contributed by atoms with Crippen molar-refractivity contribution in [3.63, 3.8) is 0 Å². The summed E-state index contributed by atoms with van der Waals surface area (Å²) in [7, 11) is 0. The molecule has 0 fully saturated rings. The number of anilines is 1. The zero-order valence-corrected chi connectivity index (χ0v) is 11.4. The van der Waals surface area contributed by atoms with Gasteiger partial charge in [-0.25, -0.2) is 0 Å². The maximum atomic E-state index is 5.55. The Labute approximate surface area is 117 Å². The van der Waals surface area contributed by atoms with Gasteiger partial charge in [-0.05, 0) is 49.6 Å². The molecule has 0 amide bonds. The Morgan fingerprint density at radius 3 is 3.05 bits per heavy atom. The lowest BCUT2D eigenvalue weighted by Crippen LogP contribution is -2.23. The van der Waals surface area contributed by atoms with E-state index < -0.39 is 0 Å². The van der Waals surface area contributed by atoms with Gasteiger partial charge < -0.3 is 14.5 Å². The Hall–Kier alpha value is -2.30. The highest BCUT2D eigenvalue weighted by Crippen LogP contribution is 2.23. The SMILES string of the molecule is Cc1cc(-c2nnco2)ccc1NCC1CCC=CO1. The number of aromatic nitrogens is 2. The van der Waals surface area contributed by atoms with Crippen molar-refractivity contribution in [2.24, 2.45) is 0 Å². The van der Waals surface area contributed by atoms with E-state index in [1.54, 1.807) is 6.26 Å². The average Bonchev–Trinajstić information content (AvgIpc) is 3.01. The Kier molecular flexibility index (Phi) is 3.67. The van der Waals surface area contributed by atoms with Crippen molar-refractivity contribution >= 4 is 5.69 Å². The molecule has 5 heteroatoms. The number of allylic oxidation sites excluding steroid dienone is 1. The van der Waals surface area contributed by atoms with Crippen LogP contribution in [0.5, 0.6) is 0 Å². The lowest BCUT2D eigenvalue weighted by Gasteiger charge is -2.21. The molecule has 0 bridgehead atoms. The number of ether oxygens (including phenoxy) is 1. The molecule has 0 saturated carbocycles. The number of nitrogens with zero attached hydrogens (tertiary/aromatic N) is 2. The van der Waals surface area contributed by atoms with Crippen LogP contribution in [0.25, 0.3) is 11.5 Å². The van der Waals surface area contributed by atoms with Crippen molar-refractivity contribution in [1.29, 1.82) is 0 Å². The Morgan fingerprint density at radius 1 is 1.40 bits per heavy atom. The number of aryl methyl sites for hydroxylation is 1. The number of hydrogen-bond acceptors (Lipinski definition) is 5. The fourth-order valence-corrected chi connectivity index (χ4v) is 2.25. The number of rotatable bonds is 4. The second-order valence-corrected chi connectivity index (χ2v) is 4.86. The predicted octanol–water partition coefficient (Wildman–Crippen LogP) is 3.15. The van der Waals surface area contributed by atoms with Crippen LogP contribution < -0.4 is 5.32 Å². The minimum absolute atomic E-state index is 0.245. The summed E-state index contributed by atoms with van der Waals surface area (Å²) in [5.41, 5.74) is 3.18. The highest BCUT2D eigenvalue weighted by Gasteiger charge is 2.11. The van der Waals surface area contributed by atoms with Gasteiger partial charge in [0.25, 0.3) is 0 Å². The van der Waals surface area contributed by atoms with Crippen LogP contribution in [-0.2, 0) is 4.74 Å². The smallest absolute Gasteiger partial charge is 0.247 e. The molecule has 0 spiro atoms. The molecule has 20 heavy (non-hydrogen) atoms. The van der Waals surface area contributed by atoms with E-state index in [1.807, 2.05) is 18.2 Å². The van der Waals surface area contributed by atoms with E-state index >= 15 is 0 Å². The van der Waals surface area contributed by atoms with Crippen LogP contribution in [-0.4, -0.2) is 22.8 Å². The third-order valence-electron chi connectivity index (χ3n) is 3.38. The van der Waals surface area contributed by atoms with Gasteiger partial charge >= 0.3 is 0 Å². The summed E-state index contributed by atoms with van der Waals surface area (Å²) in [5, 5.41) is 11.0. The van der Waals surface area contributed by atoms with E-state index in [4.69, 9.17) is 9.15 Å². The minimum atomic E-state index is 0.245. The molecule has 0 aliphatic carbocycles. The molecule has 1 N–H and O–H groups in total. The number of hydrogen-bond donors (Lipinski definition) is 1. The predicted molar refractivity (Wildman–Crippen MR) is 76.2 cm³/mol. The highest BCUT2D eigenvalue weighted by molar-refractivity contribution is 5.62. The van der Waals surface area contributed by atoms with E-state index in [9.17, 15) is 0 Å². The van der Waals surface area contributed by atoms with Gasteiger partial charge in [0, 0.05) is 11.3 Å². The van der Waals surface area contributed by atoms with Crippen LogP contribution in [0.15, 0.2) is 41.3 Å². The van der Waals surface area contributed by atoms with E-state index in [1.165, 1.54) is 6.39 Å². The molecule has 1 atom stereocenters. The summed E-state index contributed by atoms with van der Waals surface area (Å²) in [6.45, 7) is 2.87. The van der Waals surface area contributed by atoms with E-state index in [0.717, 1.165) is 36.2 Å². The molecule has 2 aromatic rings. The molecule has 1 unspecified atom stereocenters. The normalized spacial score (nSPS) is 17.8. The first-order valence-electron chi connectivity index (χ1n) is 6.74. The summed E-state index contributed by atoms with van der Waals surface area (Å²) in [5.74, 6) is 0.542. The first-order valence-corrected chi connectivity index (χ1v) is 6.74. The van der Waals surface area contributed by atoms with Gasteiger partial charge in [-0.3, -0.25) is 0 Å². The van der Waals surface area contributed by atoms with E-state index in [2.05, 4.69) is 28.5 Å². The Bertz CT molecular complexity index is 593. The molecule has 2 heterocycles. The van der Waals surface area contributed by atoms with Crippen molar-refractivity contribution in [2.45, 2.75) is 25.9 Å². The number of benzene rings is 1. The average molecular weight is 271 g/mol. The van der Waals surface area contributed by atoms with Crippen LogP contribution in [0.2, 0.25) is 0 Å². The number of nitrogens with one attached hydrogen (secondary N) is 1. The van der Waals surface area contributed by atoms with Gasteiger partial charge in [0.1, 0.15) is 6.10 Å². The fourth-order valence-electron chi connectivity index (χ4n) is 2.25. The molecule has 0 saturated heterocycles. The third kappa shape index (κ3) is 2.82. The van der Waals surface area contributed by atoms with Gasteiger partial charge in [0.05, 0.1) is 12.8 Å². The molecular formula is C15H17N3O2.